The van der Waals surface area contributed by atoms with Crippen molar-refractivity contribution in [1.29, 1.82) is 0 Å². The number of rotatable bonds is 6. The van der Waals surface area contributed by atoms with Crippen molar-refractivity contribution in [2.45, 2.75) is 25.7 Å². The predicted octanol–water partition coefficient (Wildman–Crippen LogP) is 2.74. The van der Waals surface area contributed by atoms with Crippen LogP contribution < -0.4 is 10.6 Å². The van der Waals surface area contributed by atoms with Crippen molar-refractivity contribution in [3.05, 3.63) is 28.7 Å². The number of nitrogens with one attached hydrogen (secondary N) is 2. The van der Waals surface area contributed by atoms with Gasteiger partial charge in [-0.25, -0.2) is 4.79 Å². The summed E-state index contributed by atoms with van der Waals surface area (Å²) in [6.45, 7) is 0. The molecule has 0 unspecified atom stereocenters. The van der Waals surface area contributed by atoms with E-state index in [1.807, 2.05) is 0 Å². The molecule has 0 aliphatic heterocycles. The Morgan fingerprint density at radius 1 is 1.05 bits per heavy atom. The molecule has 0 spiro atoms. The maximum atomic E-state index is 11.5. The fraction of sp³-hybridized carbons (Fsp3) is 0.308. The number of amides is 3. The number of aliphatic carboxylic acids is 1. The summed E-state index contributed by atoms with van der Waals surface area (Å²) in [4.78, 5) is 33.2. The molecule has 0 heterocycles. The molecule has 3 amide bonds. The van der Waals surface area contributed by atoms with Crippen molar-refractivity contribution in [1.82, 2.24) is 5.32 Å². The topological polar surface area (TPSA) is 95.5 Å². The van der Waals surface area contributed by atoms with Gasteiger partial charge in [0.2, 0.25) is 5.91 Å². The molecule has 0 aliphatic carbocycles. The van der Waals surface area contributed by atoms with Gasteiger partial charge in [0.25, 0.3) is 0 Å². The van der Waals surface area contributed by atoms with Gasteiger partial charge in [-0.2, -0.15) is 0 Å². The van der Waals surface area contributed by atoms with Crippen LogP contribution in [-0.2, 0) is 9.59 Å². The van der Waals surface area contributed by atoms with Crippen LogP contribution in [-0.4, -0.2) is 23.0 Å². The number of carboxylic acid groups (broad SMARTS) is 1. The molecule has 0 radical (unpaired) electrons. The second-order valence-corrected chi connectivity index (χ2v) is 5.03. The molecule has 0 fully saturated rings. The van der Waals surface area contributed by atoms with Crippen LogP contribution in [0.5, 0.6) is 0 Å². The van der Waals surface area contributed by atoms with Crippen molar-refractivity contribution in [2.24, 2.45) is 0 Å². The summed E-state index contributed by atoms with van der Waals surface area (Å²) in [5.41, 5.74) is 0.573. The smallest absolute Gasteiger partial charge is 0.325 e. The van der Waals surface area contributed by atoms with E-state index in [9.17, 15) is 14.4 Å². The van der Waals surface area contributed by atoms with Gasteiger partial charge in [0.1, 0.15) is 0 Å². The normalized spacial score (nSPS) is 9.85. The highest BCUT2D eigenvalue weighted by atomic mass is 79.9. The zero-order valence-electron chi connectivity index (χ0n) is 10.7. The molecule has 0 atom stereocenters. The van der Waals surface area contributed by atoms with Crippen LogP contribution in [0, 0.1) is 0 Å². The van der Waals surface area contributed by atoms with E-state index in [1.54, 1.807) is 24.3 Å². The van der Waals surface area contributed by atoms with Gasteiger partial charge < -0.3 is 10.4 Å². The van der Waals surface area contributed by atoms with Crippen LogP contribution >= 0.6 is 15.9 Å². The lowest BCUT2D eigenvalue weighted by atomic mass is 10.2. The molecule has 20 heavy (non-hydrogen) atoms. The average Bonchev–Trinajstić information content (AvgIpc) is 2.37. The third kappa shape index (κ3) is 6.89. The van der Waals surface area contributed by atoms with E-state index < -0.39 is 17.9 Å². The van der Waals surface area contributed by atoms with Crippen LogP contribution in [0.3, 0.4) is 0 Å². The van der Waals surface area contributed by atoms with E-state index in [-0.39, 0.29) is 12.8 Å². The van der Waals surface area contributed by atoms with Crippen LogP contribution in [0.4, 0.5) is 10.5 Å². The van der Waals surface area contributed by atoms with Crippen LogP contribution in [0.15, 0.2) is 28.7 Å². The maximum Gasteiger partial charge on any atom is 0.325 e. The zero-order chi connectivity index (χ0) is 15.0. The fourth-order valence-corrected chi connectivity index (χ4v) is 1.71. The summed E-state index contributed by atoms with van der Waals surface area (Å²) in [6, 6.07) is 6.32. The number of benzene rings is 1. The first kappa shape index (κ1) is 16.2. The van der Waals surface area contributed by atoms with E-state index in [4.69, 9.17) is 5.11 Å². The number of hydrogen-bond donors (Lipinski definition) is 3. The summed E-state index contributed by atoms with van der Waals surface area (Å²) in [7, 11) is 0. The quantitative estimate of drug-likeness (QED) is 0.692. The van der Waals surface area contributed by atoms with E-state index in [2.05, 4.69) is 26.6 Å². The first-order valence-corrected chi connectivity index (χ1v) is 6.85. The Balaban J connectivity index is 2.26. The number of unbranched alkanes of at least 4 members (excludes halogenated alkanes) is 1. The van der Waals surface area contributed by atoms with Gasteiger partial charge in [0.15, 0.2) is 0 Å². The largest absolute Gasteiger partial charge is 0.481 e. The van der Waals surface area contributed by atoms with E-state index >= 15 is 0 Å². The average molecular weight is 343 g/mol. The number of hydrogen-bond acceptors (Lipinski definition) is 3. The number of halogens is 1. The second kappa shape index (κ2) is 8.31. The summed E-state index contributed by atoms with van der Waals surface area (Å²) >= 11 is 3.27. The highest BCUT2D eigenvalue weighted by Crippen LogP contribution is 2.13. The Hall–Kier alpha value is -1.89. The molecule has 0 saturated carbocycles. The molecule has 1 aromatic rings. The van der Waals surface area contributed by atoms with Gasteiger partial charge in [-0.1, -0.05) is 15.9 Å². The standard InChI is InChI=1S/C13H15BrN2O4/c14-9-5-7-10(8-6-9)15-13(20)16-11(17)3-1-2-4-12(18)19/h5-8H,1-4H2,(H,18,19)(H2,15,16,17,20). The van der Waals surface area contributed by atoms with Crippen molar-refractivity contribution >= 4 is 39.5 Å². The monoisotopic (exact) mass is 342 g/mol. The summed E-state index contributed by atoms with van der Waals surface area (Å²) in [5, 5.41) is 13.1. The van der Waals surface area contributed by atoms with Crippen LogP contribution in [0.2, 0.25) is 0 Å². The zero-order valence-corrected chi connectivity index (χ0v) is 12.3. The molecule has 3 N–H and O–H groups in total. The molecule has 0 saturated heterocycles. The van der Waals surface area contributed by atoms with Gasteiger partial charge in [-0.05, 0) is 37.1 Å². The molecular weight excluding hydrogens is 328 g/mol. The van der Waals surface area contributed by atoms with Crippen LogP contribution in [0.1, 0.15) is 25.7 Å². The molecule has 1 aromatic carbocycles. The van der Waals surface area contributed by atoms with Crippen molar-refractivity contribution < 1.29 is 19.5 Å². The molecule has 0 aliphatic rings. The minimum atomic E-state index is -0.890. The fourth-order valence-electron chi connectivity index (χ4n) is 1.45. The minimum absolute atomic E-state index is 0.0262. The Morgan fingerprint density at radius 2 is 1.65 bits per heavy atom. The predicted molar refractivity (Wildman–Crippen MR) is 77.4 cm³/mol. The van der Waals surface area contributed by atoms with Crippen LogP contribution in [0.25, 0.3) is 0 Å². The molecule has 108 valence electrons. The SMILES string of the molecule is O=C(O)CCCCC(=O)NC(=O)Nc1ccc(Br)cc1. The Kier molecular flexibility index (Phi) is 6.72. The lowest BCUT2D eigenvalue weighted by Crippen LogP contribution is -2.34. The summed E-state index contributed by atoms with van der Waals surface area (Å²) < 4.78 is 0.887. The Morgan fingerprint density at radius 3 is 2.25 bits per heavy atom. The number of urea groups is 1. The van der Waals surface area contributed by atoms with Crippen molar-refractivity contribution in [3.8, 4) is 0 Å². The minimum Gasteiger partial charge on any atom is -0.481 e. The molecule has 0 aromatic heterocycles. The third-order valence-corrected chi connectivity index (χ3v) is 2.93. The number of carboxylic acids is 1. The Bertz CT molecular complexity index is 488. The molecule has 7 heteroatoms. The molecule has 0 bridgehead atoms. The number of carbonyl (C=O) groups is 3. The number of carbonyl (C=O) groups excluding carboxylic acids is 2. The molecular formula is C13H15BrN2O4. The van der Waals surface area contributed by atoms with Crippen molar-refractivity contribution in [3.63, 3.8) is 0 Å². The Labute approximate surface area is 124 Å². The first-order chi connectivity index (χ1) is 9.47. The van der Waals surface area contributed by atoms with Gasteiger partial charge in [-0.3, -0.25) is 14.9 Å². The van der Waals surface area contributed by atoms with E-state index in [1.165, 1.54) is 0 Å². The first-order valence-electron chi connectivity index (χ1n) is 6.05. The molecule has 1 rings (SSSR count). The summed E-state index contributed by atoms with van der Waals surface area (Å²) in [6.07, 6.45) is 1.00. The van der Waals surface area contributed by atoms with Crippen molar-refractivity contribution in [2.75, 3.05) is 5.32 Å². The number of imide groups is 1. The highest BCUT2D eigenvalue weighted by molar-refractivity contribution is 9.10. The van der Waals surface area contributed by atoms with Gasteiger partial charge >= 0.3 is 12.0 Å². The van der Waals surface area contributed by atoms with Gasteiger partial charge in [0, 0.05) is 23.0 Å². The van der Waals surface area contributed by atoms with Gasteiger partial charge in [0.05, 0.1) is 0 Å². The maximum absolute atomic E-state index is 11.5. The summed E-state index contributed by atoms with van der Waals surface area (Å²) in [5.74, 6) is -1.32. The third-order valence-electron chi connectivity index (χ3n) is 2.40. The highest BCUT2D eigenvalue weighted by Gasteiger charge is 2.08. The van der Waals surface area contributed by atoms with E-state index in [0.717, 1.165) is 4.47 Å². The molecule has 6 nitrogen and oxygen atoms in total. The second-order valence-electron chi connectivity index (χ2n) is 4.11. The lowest BCUT2D eigenvalue weighted by molar-refractivity contribution is -0.137. The lowest BCUT2D eigenvalue weighted by Gasteiger charge is -2.06. The number of anilines is 1. The van der Waals surface area contributed by atoms with E-state index in [0.29, 0.717) is 18.5 Å². The van der Waals surface area contributed by atoms with Gasteiger partial charge in [-0.15, -0.1) is 0 Å².